The molecule has 0 bridgehead atoms. The first-order valence-corrected chi connectivity index (χ1v) is 7.72. The van der Waals surface area contributed by atoms with Gasteiger partial charge in [0.05, 0.1) is 16.8 Å². The predicted molar refractivity (Wildman–Crippen MR) is 81.5 cm³/mol. The third-order valence-corrected chi connectivity index (χ3v) is 4.96. The Morgan fingerprint density at radius 1 is 1.42 bits per heavy atom. The molecule has 1 saturated heterocycles. The molecule has 1 unspecified atom stereocenters. The van der Waals surface area contributed by atoms with Gasteiger partial charge in [-0.05, 0) is 37.6 Å². The summed E-state index contributed by atoms with van der Waals surface area (Å²) in [5.74, 6) is 0. The molecular weight excluding hydrogens is 254 g/mol. The highest BCUT2D eigenvalue weighted by Gasteiger charge is 2.33. The van der Waals surface area contributed by atoms with Gasteiger partial charge in [-0.3, -0.25) is 4.90 Å². The van der Waals surface area contributed by atoms with Crippen LogP contribution in [0.3, 0.4) is 0 Å². The van der Waals surface area contributed by atoms with Crippen LogP contribution in [0.2, 0.25) is 0 Å². The van der Waals surface area contributed by atoms with E-state index in [1.807, 2.05) is 18.4 Å². The smallest absolute Gasteiger partial charge is 0.108 e. The Bertz CT molecular complexity index is 532. The first kappa shape index (κ1) is 13.0. The van der Waals surface area contributed by atoms with Crippen molar-refractivity contribution < 1.29 is 0 Å². The Labute approximate surface area is 118 Å². The number of thiazole rings is 1. The molecule has 3 rings (SSSR count). The molecule has 1 N–H and O–H groups in total. The van der Waals surface area contributed by atoms with E-state index in [2.05, 4.69) is 41.4 Å². The number of rotatable bonds is 4. The highest BCUT2D eigenvalue weighted by Crippen LogP contribution is 2.31. The topological polar surface area (TPSA) is 28.2 Å². The molecule has 0 saturated carbocycles. The second-order valence-corrected chi connectivity index (χ2v) is 6.99. The summed E-state index contributed by atoms with van der Waals surface area (Å²) in [5, 5.41) is 4.56. The van der Waals surface area contributed by atoms with Crippen molar-refractivity contribution in [2.45, 2.75) is 19.9 Å². The summed E-state index contributed by atoms with van der Waals surface area (Å²) in [4.78, 5) is 7.27. The van der Waals surface area contributed by atoms with Crippen LogP contribution in [0.25, 0.3) is 10.2 Å². The van der Waals surface area contributed by atoms with Crippen LogP contribution < -0.4 is 5.32 Å². The molecule has 0 spiro atoms. The zero-order chi connectivity index (χ0) is 13.3. The molecule has 1 atom stereocenters. The van der Waals surface area contributed by atoms with Gasteiger partial charge < -0.3 is 5.32 Å². The molecule has 1 aliphatic rings. The first-order chi connectivity index (χ1) is 9.18. The van der Waals surface area contributed by atoms with Gasteiger partial charge in [0.25, 0.3) is 0 Å². The molecule has 19 heavy (non-hydrogen) atoms. The van der Waals surface area contributed by atoms with Crippen molar-refractivity contribution >= 4 is 21.6 Å². The highest BCUT2D eigenvalue weighted by molar-refractivity contribution is 7.18. The Balaban J connectivity index is 1.69. The number of hydrogen-bond donors (Lipinski definition) is 1. The van der Waals surface area contributed by atoms with Gasteiger partial charge in [0.15, 0.2) is 0 Å². The molecule has 3 nitrogen and oxygen atoms in total. The van der Waals surface area contributed by atoms with Crippen LogP contribution in [-0.2, 0) is 6.54 Å². The lowest BCUT2D eigenvalue weighted by Gasteiger charge is -2.23. The summed E-state index contributed by atoms with van der Waals surface area (Å²) in [6, 6.07) is 8.41. The van der Waals surface area contributed by atoms with Crippen molar-refractivity contribution in [2.24, 2.45) is 5.41 Å². The fourth-order valence-electron chi connectivity index (χ4n) is 3.01. The molecule has 1 fully saturated rings. The van der Waals surface area contributed by atoms with E-state index in [4.69, 9.17) is 4.98 Å². The third-order valence-electron chi connectivity index (χ3n) is 3.94. The lowest BCUT2D eigenvalue weighted by Crippen LogP contribution is -2.32. The maximum Gasteiger partial charge on any atom is 0.108 e. The molecule has 2 aromatic rings. The van der Waals surface area contributed by atoms with Gasteiger partial charge in [0.2, 0.25) is 0 Å². The van der Waals surface area contributed by atoms with E-state index < -0.39 is 0 Å². The monoisotopic (exact) mass is 275 g/mol. The number of para-hydroxylation sites is 1. The molecule has 0 aliphatic carbocycles. The van der Waals surface area contributed by atoms with Crippen LogP contribution >= 0.6 is 11.3 Å². The van der Waals surface area contributed by atoms with Crippen LogP contribution in [0, 0.1) is 5.41 Å². The van der Waals surface area contributed by atoms with Gasteiger partial charge in [-0.1, -0.05) is 19.1 Å². The number of benzene rings is 1. The van der Waals surface area contributed by atoms with E-state index in [1.165, 1.54) is 29.2 Å². The summed E-state index contributed by atoms with van der Waals surface area (Å²) >= 11 is 1.83. The molecule has 2 heterocycles. The Morgan fingerprint density at radius 2 is 2.26 bits per heavy atom. The van der Waals surface area contributed by atoms with Gasteiger partial charge >= 0.3 is 0 Å². The summed E-state index contributed by atoms with van der Waals surface area (Å²) in [7, 11) is 2.04. The number of aromatic nitrogens is 1. The van der Waals surface area contributed by atoms with Crippen molar-refractivity contribution in [2.75, 3.05) is 26.7 Å². The lowest BCUT2D eigenvalue weighted by molar-refractivity contribution is 0.265. The number of hydrogen-bond acceptors (Lipinski definition) is 4. The van der Waals surface area contributed by atoms with Gasteiger partial charge in [0.1, 0.15) is 5.01 Å². The van der Waals surface area contributed by atoms with Gasteiger partial charge in [-0.25, -0.2) is 4.98 Å². The average Bonchev–Trinajstić information content (AvgIpc) is 2.93. The second-order valence-electron chi connectivity index (χ2n) is 5.88. The average molecular weight is 275 g/mol. The first-order valence-electron chi connectivity index (χ1n) is 6.90. The number of nitrogens with one attached hydrogen (secondary N) is 1. The van der Waals surface area contributed by atoms with Crippen LogP contribution in [0.15, 0.2) is 24.3 Å². The number of nitrogens with zero attached hydrogens (tertiary/aromatic N) is 2. The largest absolute Gasteiger partial charge is 0.319 e. The number of fused-ring (bicyclic) bond motifs is 1. The Hall–Kier alpha value is -0.970. The van der Waals surface area contributed by atoms with Crippen molar-refractivity contribution in [1.29, 1.82) is 0 Å². The molecule has 1 aromatic carbocycles. The fourth-order valence-corrected chi connectivity index (χ4v) is 4.02. The van der Waals surface area contributed by atoms with E-state index in [0.29, 0.717) is 5.41 Å². The predicted octanol–water partition coefficient (Wildman–Crippen LogP) is 2.73. The van der Waals surface area contributed by atoms with E-state index in [9.17, 15) is 0 Å². The molecule has 4 heteroatoms. The van der Waals surface area contributed by atoms with Crippen LogP contribution in [0.4, 0.5) is 0 Å². The SMILES string of the molecule is CNCC1(C)CCN(Cc2nc3ccccc3s2)C1. The fraction of sp³-hybridized carbons (Fsp3) is 0.533. The van der Waals surface area contributed by atoms with Crippen LogP contribution in [0.1, 0.15) is 18.4 Å². The summed E-state index contributed by atoms with van der Waals surface area (Å²) in [5.41, 5.74) is 1.56. The standard InChI is InChI=1S/C15H21N3S/c1-15(10-16-2)7-8-18(11-15)9-14-17-12-5-3-4-6-13(12)19-14/h3-6,16H,7-11H2,1-2H3. The zero-order valence-corrected chi connectivity index (χ0v) is 12.5. The van der Waals surface area contributed by atoms with Crippen molar-refractivity contribution in [3.63, 3.8) is 0 Å². The molecule has 0 amide bonds. The van der Waals surface area contributed by atoms with Crippen LogP contribution in [-0.4, -0.2) is 36.6 Å². The maximum absolute atomic E-state index is 4.73. The molecule has 1 aliphatic heterocycles. The van der Waals surface area contributed by atoms with Crippen molar-refractivity contribution in [1.82, 2.24) is 15.2 Å². The minimum atomic E-state index is 0.422. The third kappa shape index (κ3) is 2.81. The molecular formula is C15H21N3S. The van der Waals surface area contributed by atoms with Gasteiger partial charge in [-0.15, -0.1) is 11.3 Å². The van der Waals surface area contributed by atoms with Crippen LogP contribution in [0.5, 0.6) is 0 Å². The maximum atomic E-state index is 4.73. The Kier molecular flexibility index (Phi) is 3.56. The zero-order valence-electron chi connectivity index (χ0n) is 11.6. The van der Waals surface area contributed by atoms with Gasteiger partial charge in [-0.2, -0.15) is 0 Å². The summed E-state index contributed by atoms with van der Waals surface area (Å²) in [6.45, 7) is 6.84. The quantitative estimate of drug-likeness (QED) is 0.930. The van der Waals surface area contributed by atoms with Crippen molar-refractivity contribution in [3.8, 4) is 0 Å². The second kappa shape index (κ2) is 5.19. The summed E-state index contributed by atoms with van der Waals surface area (Å²) in [6.07, 6.45) is 1.28. The van der Waals surface area contributed by atoms with E-state index in [1.54, 1.807) is 0 Å². The van der Waals surface area contributed by atoms with Gasteiger partial charge in [0, 0.05) is 13.1 Å². The minimum absolute atomic E-state index is 0.422. The Morgan fingerprint density at radius 3 is 3.05 bits per heavy atom. The molecule has 0 radical (unpaired) electrons. The normalized spacial score (nSPS) is 24.3. The molecule has 1 aromatic heterocycles. The highest BCUT2D eigenvalue weighted by atomic mass is 32.1. The minimum Gasteiger partial charge on any atom is -0.319 e. The van der Waals surface area contributed by atoms with Crippen molar-refractivity contribution in [3.05, 3.63) is 29.3 Å². The summed E-state index contributed by atoms with van der Waals surface area (Å²) < 4.78 is 1.30. The van der Waals surface area contributed by atoms with E-state index in [0.717, 1.165) is 18.6 Å². The lowest BCUT2D eigenvalue weighted by atomic mass is 9.90. The molecule has 102 valence electrons. The van der Waals surface area contributed by atoms with E-state index in [-0.39, 0.29) is 0 Å². The number of likely N-dealkylation sites (tertiary alicyclic amines) is 1. The van der Waals surface area contributed by atoms with E-state index >= 15 is 0 Å².